The summed E-state index contributed by atoms with van der Waals surface area (Å²) in [7, 11) is 0. The number of alkyl halides is 3. The average molecular weight is 343 g/mol. The summed E-state index contributed by atoms with van der Waals surface area (Å²) in [5.74, 6) is -1.94. The number of amides is 1. The minimum absolute atomic E-state index is 0.0243. The molecule has 1 aromatic carbocycles. The Morgan fingerprint density at radius 1 is 1.35 bits per heavy atom. The van der Waals surface area contributed by atoms with Gasteiger partial charge in [-0.3, -0.25) is 4.79 Å². The average Bonchev–Trinajstić information content (AvgIpc) is 2.29. The Balaban J connectivity index is 2.91. The van der Waals surface area contributed by atoms with Crippen LogP contribution in [0.5, 0.6) is 0 Å². The van der Waals surface area contributed by atoms with E-state index < -0.39 is 27.6 Å². The molecule has 1 rings (SSSR count). The highest BCUT2D eigenvalue weighted by molar-refractivity contribution is 6.68. The highest BCUT2D eigenvalue weighted by atomic mass is 35.6. The van der Waals surface area contributed by atoms with Crippen molar-refractivity contribution >= 4 is 52.4 Å². The van der Waals surface area contributed by atoms with Crippen molar-refractivity contribution in [2.45, 2.75) is 23.7 Å². The predicted octanol–water partition coefficient (Wildman–Crippen LogP) is 3.70. The third-order valence-corrected chi connectivity index (χ3v) is 3.18. The van der Waals surface area contributed by atoms with E-state index >= 15 is 0 Å². The minimum atomic E-state index is -1.77. The molecular weight excluding hydrogens is 331 g/mol. The molecule has 1 unspecified atom stereocenters. The van der Waals surface area contributed by atoms with Gasteiger partial charge in [0.15, 0.2) is 0 Å². The van der Waals surface area contributed by atoms with Gasteiger partial charge in [0.05, 0.1) is 11.3 Å². The first kappa shape index (κ1) is 17.0. The molecule has 1 N–H and O–H groups in total. The third-order valence-electron chi connectivity index (χ3n) is 2.26. The summed E-state index contributed by atoms with van der Waals surface area (Å²) in [6.07, 6.45) is -0.991. The van der Waals surface area contributed by atoms with Crippen molar-refractivity contribution in [1.29, 1.82) is 0 Å². The Bertz CT molecular complexity index is 531. The number of carbonyl (C=O) groups excluding carboxylic acids is 2. The lowest BCUT2D eigenvalue weighted by atomic mass is 10.2. The molecule has 0 radical (unpaired) electrons. The number of hydrogen-bond acceptors (Lipinski definition) is 3. The minimum Gasteiger partial charge on any atom is -0.455 e. The summed E-state index contributed by atoms with van der Waals surface area (Å²) in [4.78, 5) is 22.7. The van der Waals surface area contributed by atoms with Gasteiger partial charge < -0.3 is 10.1 Å². The maximum absolute atomic E-state index is 13.4. The zero-order chi connectivity index (χ0) is 15.5. The number of halogens is 4. The topological polar surface area (TPSA) is 55.4 Å². The monoisotopic (exact) mass is 341 g/mol. The zero-order valence-corrected chi connectivity index (χ0v) is 12.8. The lowest BCUT2D eigenvalue weighted by molar-refractivity contribution is -0.114. The van der Waals surface area contributed by atoms with E-state index in [1.54, 1.807) is 0 Å². The molecule has 1 atom stereocenters. The van der Waals surface area contributed by atoms with E-state index in [-0.39, 0.29) is 11.3 Å². The van der Waals surface area contributed by atoms with Gasteiger partial charge in [-0.2, -0.15) is 0 Å². The third kappa shape index (κ3) is 4.81. The summed E-state index contributed by atoms with van der Waals surface area (Å²) < 4.78 is 16.6. The van der Waals surface area contributed by atoms with Crippen LogP contribution in [0.3, 0.4) is 0 Å². The van der Waals surface area contributed by atoms with Crippen LogP contribution in [-0.4, -0.2) is 21.8 Å². The van der Waals surface area contributed by atoms with Crippen molar-refractivity contribution in [3.05, 3.63) is 29.6 Å². The van der Waals surface area contributed by atoms with Gasteiger partial charge in [0.25, 0.3) is 0 Å². The summed E-state index contributed by atoms with van der Waals surface area (Å²) in [6.45, 7) is 2.62. The fourth-order valence-corrected chi connectivity index (χ4v) is 1.37. The second kappa shape index (κ2) is 6.61. The molecule has 0 aliphatic carbocycles. The van der Waals surface area contributed by atoms with Gasteiger partial charge in [0.1, 0.15) is 11.9 Å². The molecule has 0 aromatic heterocycles. The standard InChI is InChI=1S/C12H11Cl3FNO3/c1-6(12(13,14)15)20-11(19)8-3-4-9(16)10(5-8)17-7(2)18/h3-6H,1-2H3,(H,17,18). The highest BCUT2D eigenvalue weighted by Crippen LogP contribution is 2.32. The SMILES string of the molecule is CC(=O)Nc1cc(C(=O)OC(C)C(Cl)(Cl)Cl)ccc1F. The van der Waals surface area contributed by atoms with E-state index in [0.29, 0.717) is 0 Å². The van der Waals surface area contributed by atoms with Crippen LogP contribution in [0.15, 0.2) is 18.2 Å². The molecule has 0 saturated heterocycles. The summed E-state index contributed by atoms with van der Waals surface area (Å²) in [5, 5.41) is 2.25. The first-order valence-corrected chi connectivity index (χ1v) is 6.59. The second-order valence-electron chi connectivity index (χ2n) is 3.96. The lowest BCUT2D eigenvalue weighted by Crippen LogP contribution is -2.28. The van der Waals surface area contributed by atoms with Gasteiger partial charge >= 0.3 is 5.97 Å². The molecule has 8 heteroatoms. The Morgan fingerprint density at radius 3 is 2.45 bits per heavy atom. The summed E-state index contributed by atoms with van der Waals surface area (Å²) >= 11 is 16.7. The Labute approximate surface area is 130 Å². The zero-order valence-electron chi connectivity index (χ0n) is 10.5. The molecule has 0 aliphatic heterocycles. The van der Waals surface area contributed by atoms with Crippen molar-refractivity contribution in [2.75, 3.05) is 5.32 Å². The van der Waals surface area contributed by atoms with Crippen molar-refractivity contribution < 1.29 is 18.7 Å². The number of anilines is 1. The van der Waals surface area contributed by atoms with Gasteiger partial charge in [0, 0.05) is 6.92 Å². The van der Waals surface area contributed by atoms with Gasteiger partial charge in [-0.25, -0.2) is 9.18 Å². The largest absolute Gasteiger partial charge is 0.455 e. The van der Waals surface area contributed by atoms with E-state index in [9.17, 15) is 14.0 Å². The van der Waals surface area contributed by atoms with Crippen LogP contribution in [-0.2, 0) is 9.53 Å². The smallest absolute Gasteiger partial charge is 0.338 e. The van der Waals surface area contributed by atoms with Crippen LogP contribution < -0.4 is 5.32 Å². The van der Waals surface area contributed by atoms with Crippen molar-refractivity contribution in [2.24, 2.45) is 0 Å². The van der Waals surface area contributed by atoms with Crippen LogP contribution >= 0.6 is 34.8 Å². The number of nitrogens with one attached hydrogen (secondary N) is 1. The summed E-state index contributed by atoms with van der Waals surface area (Å²) in [6, 6.07) is 3.38. The first-order valence-electron chi connectivity index (χ1n) is 5.46. The molecule has 1 amide bonds. The van der Waals surface area contributed by atoms with Crippen molar-refractivity contribution in [3.63, 3.8) is 0 Å². The molecule has 20 heavy (non-hydrogen) atoms. The molecule has 1 aromatic rings. The van der Waals surface area contributed by atoms with E-state index in [4.69, 9.17) is 39.5 Å². The van der Waals surface area contributed by atoms with Crippen LogP contribution in [0.1, 0.15) is 24.2 Å². The van der Waals surface area contributed by atoms with Gasteiger partial charge in [0.2, 0.25) is 9.70 Å². The van der Waals surface area contributed by atoms with E-state index in [1.807, 2.05) is 0 Å². The second-order valence-corrected chi connectivity index (χ2v) is 6.33. The number of esters is 1. The quantitative estimate of drug-likeness (QED) is 0.673. The van der Waals surface area contributed by atoms with Crippen LogP contribution in [0.2, 0.25) is 0 Å². The van der Waals surface area contributed by atoms with Gasteiger partial charge in [-0.15, -0.1) is 0 Å². The van der Waals surface area contributed by atoms with E-state index in [2.05, 4.69) is 5.32 Å². The van der Waals surface area contributed by atoms with Gasteiger partial charge in [-0.05, 0) is 25.1 Å². The maximum Gasteiger partial charge on any atom is 0.338 e. The van der Waals surface area contributed by atoms with Crippen molar-refractivity contribution in [1.82, 2.24) is 0 Å². The molecule has 0 fully saturated rings. The Hall–Kier alpha value is -1.04. The molecule has 110 valence electrons. The van der Waals surface area contributed by atoms with Crippen LogP contribution in [0.25, 0.3) is 0 Å². The maximum atomic E-state index is 13.4. The molecule has 0 bridgehead atoms. The number of carbonyl (C=O) groups is 2. The fourth-order valence-electron chi connectivity index (χ4n) is 1.23. The fraction of sp³-hybridized carbons (Fsp3) is 0.333. The molecule has 0 spiro atoms. The Morgan fingerprint density at radius 2 is 1.95 bits per heavy atom. The first-order chi connectivity index (χ1) is 9.11. The van der Waals surface area contributed by atoms with Crippen molar-refractivity contribution in [3.8, 4) is 0 Å². The summed E-state index contributed by atoms with van der Waals surface area (Å²) in [5.41, 5.74) is -0.107. The molecule has 0 aliphatic rings. The number of rotatable bonds is 3. The van der Waals surface area contributed by atoms with Crippen LogP contribution in [0.4, 0.5) is 10.1 Å². The molecule has 4 nitrogen and oxygen atoms in total. The van der Waals surface area contributed by atoms with Crippen LogP contribution in [0, 0.1) is 5.82 Å². The normalized spacial score (nSPS) is 12.7. The number of ether oxygens (including phenoxy) is 1. The predicted molar refractivity (Wildman–Crippen MR) is 75.9 cm³/mol. The van der Waals surface area contributed by atoms with Gasteiger partial charge in [-0.1, -0.05) is 34.8 Å². The van der Waals surface area contributed by atoms with E-state index in [0.717, 1.165) is 12.1 Å². The molecule has 0 saturated carbocycles. The molecule has 0 heterocycles. The molecular formula is C12H11Cl3FNO3. The Kier molecular flexibility index (Phi) is 5.62. The lowest BCUT2D eigenvalue weighted by Gasteiger charge is -2.20. The van der Waals surface area contributed by atoms with E-state index in [1.165, 1.54) is 19.9 Å². The number of benzene rings is 1. The number of hydrogen-bond donors (Lipinski definition) is 1. The highest BCUT2D eigenvalue weighted by Gasteiger charge is 2.32.